The molecule has 0 bridgehead atoms. The quantitative estimate of drug-likeness (QED) is 0.818. The molecule has 1 fully saturated rings. The van der Waals surface area contributed by atoms with Crippen LogP contribution in [0.5, 0.6) is 0 Å². The number of nitrogens with zero attached hydrogens (tertiary/aromatic N) is 1. The Labute approximate surface area is 109 Å². The van der Waals surface area contributed by atoms with Gasteiger partial charge in [0.1, 0.15) is 6.61 Å². The fraction of sp³-hybridized carbons (Fsp3) is 0.533. The van der Waals surface area contributed by atoms with E-state index in [1.165, 1.54) is 5.56 Å². The number of hydrogen-bond acceptors (Lipinski definition) is 2. The summed E-state index contributed by atoms with van der Waals surface area (Å²) in [6.45, 7) is 4.94. The van der Waals surface area contributed by atoms with Gasteiger partial charge in [-0.25, -0.2) is 0 Å². The smallest absolute Gasteiger partial charge is 0.249 e. The summed E-state index contributed by atoms with van der Waals surface area (Å²) >= 11 is 0. The minimum Gasteiger partial charge on any atom is -0.369 e. The third kappa shape index (κ3) is 3.10. The van der Waals surface area contributed by atoms with E-state index >= 15 is 0 Å². The molecule has 0 aromatic heterocycles. The summed E-state index contributed by atoms with van der Waals surface area (Å²) in [4.78, 5) is 14.1. The molecule has 98 valence electrons. The average molecular weight is 247 g/mol. The van der Waals surface area contributed by atoms with E-state index in [-0.39, 0.29) is 24.7 Å². The summed E-state index contributed by atoms with van der Waals surface area (Å²) in [6, 6.07) is 10.5. The van der Waals surface area contributed by atoms with Gasteiger partial charge in [0.15, 0.2) is 0 Å². The van der Waals surface area contributed by atoms with Crippen molar-refractivity contribution >= 4 is 5.91 Å². The first kappa shape index (κ1) is 13.1. The van der Waals surface area contributed by atoms with Gasteiger partial charge in [-0.2, -0.15) is 0 Å². The van der Waals surface area contributed by atoms with E-state index in [1.54, 1.807) is 0 Å². The number of carbonyl (C=O) groups is 1. The number of amides is 1. The van der Waals surface area contributed by atoms with Crippen LogP contribution in [-0.4, -0.2) is 30.1 Å². The molecule has 0 radical (unpaired) electrons. The largest absolute Gasteiger partial charge is 0.369 e. The molecule has 1 atom stereocenters. The summed E-state index contributed by atoms with van der Waals surface area (Å²) in [6.07, 6.45) is 2.23. The van der Waals surface area contributed by atoms with Crippen molar-refractivity contribution in [3.05, 3.63) is 35.9 Å². The molecule has 2 rings (SSSR count). The van der Waals surface area contributed by atoms with Gasteiger partial charge in [-0.15, -0.1) is 0 Å². The third-order valence-corrected chi connectivity index (χ3v) is 3.30. The lowest BCUT2D eigenvalue weighted by Gasteiger charge is -2.25. The first-order valence-electron chi connectivity index (χ1n) is 6.64. The molecule has 1 heterocycles. The minimum atomic E-state index is 0.103. The van der Waals surface area contributed by atoms with Crippen molar-refractivity contribution < 1.29 is 9.53 Å². The zero-order chi connectivity index (χ0) is 13.0. The van der Waals surface area contributed by atoms with Crippen LogP contribution in [0.3, 0.4) is 0 Å². The summed E-state index contributed by atoms with van der Waals surface area (Å²) in [7, 11) is 0. The van der Waals surface area contributed by atoms with Crippen molar-refractivity contribution in [1.29, 1.82) is 0 Å². The van der Waals surface area contributed by atoms with Crippen LogP contribution in [0.2, 0.25) is 0 Å². The molecule has 1 saturated heterocycles. The number of benzene rings is 1. The molecule has 3 heteroatoms. The van der Waals surface area contributed by atoms with Gasteiger partial charge < -0.3 is 9.64 Å². The standard InChI is InChI=1S/C15H21NO2/c1-12(2)18-11-15(17)16-10-6-9-14(16)13-7-4-3-5-8-13/h3-5,7-8,12,14H,6,9-11H2,1-2H3. The van der Waals surface area contributed by atoms with E-state index in [2.05, 4.69) is 12.1 Å². The molecule has 0 N–H and O–H groups in total. The van der Waals surface area contributed by atoms with Crippen LogP contribution < -0.4 is 0 Å². The van der Waals surface area contributed by atoms with Crippen LogP contribution in [0, 0.1) is 0 Å². The fourth-order valence-electron chi connectivity index (χ4n) is 2.41. The van der Waals surface area contributed by atoms with Crippen LogP contribution in [0.4, 0.5) is 0 Å². The van der Waals surface area contributed by atoms with Crippen molar-refractivity contribution in [1.82, 2.24) is 4.90 Å². The van der Waals surface area contributed by atoms with Crippen molar-refractivity contribution in [2.75, 3.05) is 13.2 Å². The summed E-state index contributed by atoms with van der Waals surface area (Å²) in [5.41, 5.74) is 1.23. The summed E-state index contributed by atoms with van der Waals surface area (Å²) < 4.78 is 5.41. The van der Waals surface area contributed by atoms with Gasteiger partial charge in [0.2, 0.25) is 5.91 Å². The molecule has 1 aliphatic heterocycles. The lowest BCUT2D eigenvalue weighted by atomic mass is 10.0. The molecular weight excluding hydrogens is 226 g/mol. The van der Waals surface area contributed by atoms with Gasteiger partial charge >= 0.3 is 0 Å². The molecule has 18 heavy (non-hydrogen) atoms. The Hall–Kier alpha value is -1.35. The molecule has 1 aromatic carbocycles. The van der Waals surface area contributed by atoms with Gasteiger partial charge in [-0.3, -0.25) is 4.79 Å². The number of rotatable bonds is 4. The van der Waals surface area contributed by atoms with E-state index in [4.69, 9.17) is 4.74 Å². The second-order valence-corrected chi connectivity index (χ2v) is 5.02. The van der Waals surface area contributed by atoms with Crippen molar-refractivity contribution in [2.45, 2.75) is 38.8 Å². The van der Waals surface area contributed by atoms with Crippen LogP contribution in [0.25, 0.3) is 0 Å². The first-order valence-corrected chi connectivity index (χ1v) is 6.64. The van der Waals surface area contributed by atoms with E-state index in [0.717, 1.165) is 19.4 Å². The van der Waals surface area contributed by atoms with Crippen molar-refractivity contribution in [3.63, 3.8) is 0 Å². The third-order valence-electron chi connectivity index (χ3n) is 3.30. The highest BCUT2D eigenvalue weighted by Gasteiger charge is 2.29. The van der Waals surface area contributed by atoms with Crippen LogP contribution in [0.1, 0.15) is 38.3 Å². The molecule has 0 aliphatic carbocycles. The van der Waals surface area contributed by atoms with E-state index < -0.39 is 0 Å². The zero-order valence-corrected chi connectivity index (χ0v) is 11.1. The van der Waals surface area contributed by atoms with Gasteiger partial charge in [0, 0.05) is 6.54 Å². The van der Waals surface area contributed by atoms with E-state index in [0.29, 0.717) is 0 Å². The van der Waals surface area contributed by atoms with Gasteiger partial charge in [0.05, 0.1) is 12.1 Å². The van der Waals surface area contributed by atoms with Crippen molar-refractivity contribution in [2.24, 2.45) is 0 Å². The molecule has 0 spiro atoms. The van der Waals surface area contributed by atoms with E-state index in [9.17, 15) is 4.79 Å². The lowest BCUT2D eigenvalue weighted by Crippen LogP contribution is -2.34. The Bertz CT molecular complexity index is 389. The Kier molecular flexibility index (Phi) is 4.37. The Morgan fingerprint density at radius 3 is 2.78 bits per heavy atom. The Balaban J connectivity index is 2.01. The maximum Gasteiger partial charge on any atom is 0.249 e. The van der Waals surface area contributed by atoms with E-state index in [1.807, 2.05) is 36.9 Å². The predicted molar refractivity (Wildman–Crippen MR) is 71.2 cm³/mol. The highest BCUT2D eigenvalue weighted by molar-refractivity contribution is 5.78. The lowest BCUT2D eigenvalue weighted by molar-refractivity contribution is -0.138. The predicted octanol–water partition coefficient (Wildman–Crippen LogP) is 2.78. The van der Waals surface area contributed by atoms with Gasteiger partial charge in [-0.05, 0) is 32.3 Å². The highest BCUT2D eigenvalue weighted by atomic mass is 16.5. The second-order valence-electron chi connectivity index (χ2n) is 5.02. The summed E-state index contributed by atoms with van der Waals surface area (Å²) in [5.74, 6) is 0.107. The first-order chi connectivity index (χ1) is 8.68. The molecule has 1 unspecified atom stereocenters. The number of ether oxygens (including phenoxy) is 1. The van der Waals surface area contributed by atoms with Gasteiger partial charge in [0.25, 0.3) is 0 Å². The summed E-state index contributed by atoms with van der Waals surface area (Å²) in [5, 5.41) is 0. The maximum absolute atomic E-state index is 12.1. The number of likely N-dealkylation sites (tertiary alicyclic amines) is 1. The normalized spacial score (nSPS) is 19.5. The SMILES string of the molecule is CC(C)OCC(=O)N1CCCC1c1ccccc1. The topological polar surface area (TPSA) is 29.5 Å². The Morgan fingerprint density at radius 1 is 1.39 bits per heavy atom. The Morgan fingerprint density at radius 2 is 2.11 bits per heavy atom. The van der Waals surface area contributed by atoms with Crippen LogP contribution in [-0.2, 0) is 9.53 Å². The van der Waals surface area contributed by atoms with Crippen LogP contribution >= 0.6 is 0 Å². The maximum atomic E-state index is 12.1. The molecule has 1 aliphatic rings. The average Bonchev–Trinajstić information content (AvgIpc) is 2.86. The highest BCUT2D eigenvalue weighted by Crippen LogP contribution is 2.31. The molecule has 1 amide bonds. The number of carbonyl (C=O) groups excluding carboxylic acids is 1. The molecule has 1 aromatic rings. The molecular formula is C15H21NO2. The fourth-order valence-corrected chi connectivity index (χ4v) is 2.41. The zero-order valence-electron chi connectivity index (χ0n) is 11.1. The van der Waals surface area contributed by atoms with Crippen LogP contribution in [0.15, 0.2) is 30.3 Å². The monoisotopic (exact) mass is 247 g/mol. The minimum absolute atomic E-state index is 0.103. The van der Waals surface area contributed by atoms with Gasteiger partial charge in [-0.1, -0.05) is 30.3 Å². The number of hydrogen-bond donors (Lipinski definition) is 0. The second kappa shape index (κ2) is 6.01. The molecule has 3 nitrogen and oxygen atoms in total. The van der Waals surface area contributed by atoms with Crippen molar-refractivity contribution in [3.8, 4) is 0 Å². The molecule has 0 saturated carbocycles.